The summed E-state index contributed by atoms with van der Waals surface area (Å²) in [6.45, 7) is 6.65. The van der Waals surface area contributed by atoms with Crippen molar-refractivity contribution in [2.75, 3.05) is 33.7 Å². The lowest BCUT2D eigenvalue weighted by Gasteiger charge is -2.39. The summed E-state index contributed by atoms with van der Waals surface area (Å²) in [5, 5.41) is 0. The van der Waals surface area contributed by atoms with Gasteiger partial charge in [0.05, 0.1) is 0 Å². The third-order valence-corrected chi connectivity index (χ3v) is 6.25. The summed E-state index contributed by atoms with van der Waals surface area (Å²) in [6, 6.07) is 19.4. The second-order valence-electron chi connectivity index (χ2n) is 10.6. The Morgan fingerprint density at radius 2 is 1.57 bits per heavy atom. The maximum absolute atomic E-state index is 13.2. The predicted octanol–water partition coefficient (Wildman–Crippen LogP) is 4.20. The minimum Gasteiger partial charge on any atom is -0.490 e. The average molecular weight is 510 g/mol. The molecule has 0 bridgehead atoms. The molecule has 3 rings (SSSR count). The van der Waals surface area contributed by atoms with Crippen LogP contribution in [0, 0.1) is 5.92 Å². The molecule has 1 saturated heterocycles. The molecule has 2 aromatic carbocycles. The third-order valence-electron chi connectivity index (χ3n) is 6.25. The first-order chi connectivity index (χ1) is 17.5. The molecule has 3 amide bonds. The number of likely N-dealkylation sites (tertiary alicyclic amines) is 1. The van der Waals surface area contributed by atoms with Gasteiger partial charge in [0, 0.05) is 52.5 Å². The average Bonchev–Trinajstić information content (AvgIpc) is 2.85. The van der Waals surface area contributed by atoms with Crippen molar-refractivity contribution >= 4 is 17.9 Å². The molecule has 8 nitrogen and oxygen atoms in total. The Bertz CT molecular complexity index is 1040. The number of para-hydroxylation sites is 1. The molecular formula is C29H39N3O5. The molecule has 2 atom stereocenters. The molecule has 1 aliphatic heterocycles. The number of carbonyl (C=O) groups is 3. The highest BCUT2D eigenvalue weighted by Crippen LogP contribution is 2.27. The Kier molecular flexibility index (Phi) is 9.55. The molecule has 1 heterocycles. The van der Waals surface area contributed by atoms with Gasteiger partial charge in [-0.05, 0) is 38.5 Å². The van der Waals surface area contributed by atoms with Gasteiger partial charge in [-0.15, -0.1) is 0 Å². The number of benzene rings is 2. The van der Waals surface area contributed by atoms with Gasteiger partial charge in [-0.25, -0.2) is 4.79 Å². The van der Waals surface area contributed by atoms with E-state index < -0.39 is 11.7 Å². The van der Waals surface area contributed by atoms with Crippen LogP contribution in [0.1, 0.15) is 39.2 Å². The van der Waals surface area contributed by atoms with Crippen molar-refractivity contribution < 1.29 is 23.9 Å². The summed E-state index contributed by atoms with van der Waals surface area (Å²) in [4.78, 5) is 43.3. The first-order valence-corrected chi connectivity index (χ1v) is 12.7. The Labute approximate surface area is 220 Å². The van der Waals surface area contributed by atoms with Crippen molar-refractivity contribution in [2.45, 2.75) is 51.9 Å². The zero-order chi connectivity index (χ0) is 27.0. The van der Waals surface area contributed by atoms with E-state index in [9.17, 15) is 14.4 Å². The number of ether oxygens (including phenoxy) is 2. The maximum atomic E-state index is 13.2. The summed E-state index contributed by atoms with van der Waals surface area (Å²) in [5.74, 6) is 0.375. The van der Waals surface area contributed by atoms with Crippen molar-refractivity contribution in [2.24, 2.45) is 5.92 Å². The molecule has 1 aliphatic rings. The molecule has 1 fully saturated rings. The van der Waals surface area contributed by atoms with Crippen LogP contribution in [0.5, 0.6) is 5.75 Å². The van der Waals surface area contributed by atoms with Gasteiger partial charge in [0.25, 0.3) is 0 Å². The van der Waals surface area contributed by atoms with E-state index in [0.717, 1.165) is 11.3 Å². The van der Waals surface area contributed by atoms with Gasteiger partial charge >= 0.3 is 6.09 Å². The number of nitrogens with zero attached hydrogens (tertiary/aromatic N) is 3. The van der Waals surface area contributed by atoms with Crippen molar-refractivity contribution in [3.8, 4) is 5.75 Å². The molecule has 0 unspecified atom stereocenters. The second kappa shape index (κ2) is 12.6. The van der Waals surface area contributed by atoms with Gasteiger partial charge in [-0.3, -0.25) is 9.59 Å². The number of piperidine rings is 1. The van der Waals surface area contributed by atoms with Crippen LogP contribution in [0.3, 0.4) is 0 Å². The van der Waals surface area contributed by atoms with Gasteiger partial charge in [0.2, 0.25) is 11.8 Å². The van der Waals surface area contributed by atoms with Crippen molar-refractivity contribution in [3.63, 3.8) is 0 Å². The molecular weight excluding hydrogens is 470 g/mol. The van der Waals surface area contributed by atoms with Crippen LogP contribution < -0.4 is 4.74 Å². The van der Waals surface area contributed by atoms with Gasteiger partial charge in [-0.1, -0.05) is 48.5 Å². The van der Waals surface area contributed by atoms with E-state index in [1.54, 1.807) is 44.7 Å². The van der Waals surface area contributed by atoms with Crippen LogP contribution >= 0.6 is 0 Å². The Morgan fingerprint density at radius 3 is 2.19 bits per heavy atom. The molecule has 37 heavy (non-hydrogen) atoms. The van der Waals surface area contributed by atoms with E-state index in [-0.39, 0.29) is 36.8 Å². The zero-order valence-electron chi connectivity index (χ0n) is 22.6. The highest BCUT2D eigenvalue weighted by molar-refractivity contribution is 5.82. The zero-order valence-corrected chi connectivity index (χ0v) is 22.6. The van der Waals surface area contributed by atoms with Crippen LogP contribution in [0.15, 0.2) is 60.7 Å². The lowest BCUT2D eigenvalue weighted by molar-refractivity contribution is -0.139. The largest absolute Gasteiger partial charge is 0.490 e. The topological polar surface area (TPSA) is 79.4 Å². The number of hydrogen-bond donors (Lipinski definition) is 0. The lowest BCUT2D eigenvalue weighted by atomic mass is 9.90. The van der Waals surface area contributed by atoms with Crippen molar-refractivity contribution in [3.05, 3.63) is 66.2 Å². The monoisotopic (exact) mass is 509 g/mol. The van der Waals surface area contributed by atoms with Gasteiger partial charge in [0.15, 0.2) is 0 Å². The summed E-state index contributed by atoms with van der Waals surface area (Å²) < 4.78 is 11.6. The molecule has 0 aromatic heterocycles. The van der Waals surface area contributed by atoms with Gasteiger partial charge in [0.1, 0.15) is 24.0 Å². The first kappa shape index (κ1) is 28.0. The first-order valence-electron chi connectivity index (χ1n) is 12.7. The van der Waals surface area contributed by atoms with Crippen LogP contribution in [-0.2, 0) is 20.9 Å². The molecule has 0 aliphatic carbocycles. The number of rotatable bonds is 8. The number of likely N-dealkylation sites (N-methyl/N-ethyl adjacent to an activating group) is 1. The number of hydrogen-bond acceptors (Lipinski definition) is 5. The van der Waals surface area contributed by atoms with Crippen LogP contribution in [-0.4, -0.2) is 78.0 Å². The van der Waals surface area contributed by atoms with Crippen molar-refractivity contribution in [1.82, 2.24) is 14.7 Å². The smallest absolute Gasteiger partial charge is 0.410 e. The van der Waals surface area contributed by atoms with E-state index in [4.69, 9.17) is 9.47 Å². The van der Waals surface area contributed by atoms with Crippen LogP contribution in [0.25, 0.3) is 0 Å². The number of amides is 3. The minimum atomic E-state index is -0.640. The molecule has 0 spiro atoms. The SMILES string of the molecule is CN(Cc1ccccc1)C(=O)C[C@H]1CN(C(=O)CN(C)C(=O)OC(C)(C)C)CC[C@@H]1Oc1ccccc1. The molecule has 2 aromatic rings. The van der Waals surface area contributed by atoms with E-state index >= 15 is 0 Å². The maximum Gasteiger partial charge on any atom is 0.410 e. The van der Waals surface area contributed by atoms with Crippen LogP contribution in [0.2, 0.25) is 0 Å². The van der Waals surface area contributed by atoms with E-state index in [0.29, 0.717) is 26.1 Å². The fourth-order valence-corrected chi connectivity index (χ4v) is 4.30. The Balaban J connectivity index is 1.66. The third kappa shape index (κ3) is 8.81. The summed E-state index contributed by atoms with van der Waals surface area (Å²) in [6.07, 6.45) is 0.102. The summed E-state index contributed by atoms with van der Waals surface area (Å²) >= 11 is 0. The van der Waals surface area contributed by atoms with Gasteiger partial charge < -0.3 is 24.2 Å². The van der Waals surface area contributed by atoms with E-state index in [2.05, 4.69) is 0 Å². The lowest BCUT2D eigenvalue weighted by Crippen LogP contribution is -2.51. The normalized spacial score (nSPS) is 17.6. The molecule has 0 radical (unpaired) electrons. The van der Waals surface area contributed by atoms with Crippen molar-refractivity contribution in [1.29, 1.82) is 0 Å². The summed E-state index contributed by atoms with van der Waals surface area (Å²) in [5.41, 5.74) is 0.416. The molecule has 200 valence electrons. The van der Waals surface area contributed by atoms with Gasteiger partial charge in [-0.2, -0.15) is 0 Å². The highest BCUT2D eigenvalue weighted by atomic mass is 16.6. The predicted molar refractivity (Wildman–Crippen MR) is 142 cm³/mol. The Morgan fingerprint density at radius 1 is 0.946 bits per heavy atom. The van der Waals surface area contributed by atoms with E-state index in [1.165, 1.54) is 4.90 Å². The minimum absolute atomic E-state index is 0.00399. The fourth-order valence-electron chi connectivity index (χ4n) is 4.30. The second-order valence-corrected chi connectivity index (χ2v) is 10.6. The standard InChI is InChI=1S/C29H39N3O5/c1-29(2,3)37-28(35)31(5)21-27(34)32-17-16-25(36-24-14-10-7-11-15-24)23(20-32)18-26(33)30(4)19-22-12-8-6-9-13-22/h6-15,23,25H,16-21H2,1-5H3/t23-,25-/m0/s1. The molecule has 0 N–H and O–H groups in total. The fraction of sp³-hybridized carbons (Fsp3) is 0.483. The van der Waals surface area contributed by atoms with Crippen LogP contribution in [0.4, 0.5) is 4.79 Å². The Hall–Kier alpha value is -3.55. The molecule has 0 saturated carbocycles. The summed E-state index contributed by atoms with van der Waals surface area (Å²) in [7, 11) is 3.35. The quantitative estimate of drug-likeness (QED) is 0.533. The van der Waals surface area contributed by atoms with E-state index in [1.807, 2.05) is 60.7 Å². The number of carbonyl (C=O) groups excluding carboxylic acids is 3. The molecule has 8 heteroatoms. The highest BCUT2D eigenvalue weighted by Gasteiger charge is 2.35.